The lowest BCUT2D eigenvalue weighted by Gasteiger charge is -2.13. The van der Waals surface area contributed by atoms with E-state index in [1.54, 1.807) is 36.4 Å². The lowest BCUT2D eigenvalue weighted by Crippen LogP contribution is -2.38. The van der Waals surface area contributed by atoms with Gasteiger partial charge in [-0.25, -0.2) is 4.39 Å². The number of amides is 2. The fraction of sp³-hybridized carbons (Fsp3) is 0.118. The summed E-state index contributed by atoms with van der Waals surface area (Å²) < 4.78 is 13.6. The van der Waals surface area contributed by atoms with E-state index in [4.69, 9.17) is 5.26 Å². The fourth-order valence-electron chi connectivity index (χ4n) is 1.95. The van der Waals surface area contributed by atoms with Gasteiger partial charge in [0.15, 0.2) is 0 Å². The molecule has 2 amide bonds. The van der Waals surface area contributed by atoms with Crippen molar-refractivity contribution >= 4 is 11.8 Å². The normalized spacial score (nSPS) is 11.1. The highest BCUT2D eigenvalue weighted by molar-refractivity contribution is 5.96. The maximum Gasteiger partial charge on any atom is 0.251 e. The number of hydrogen-bond donors (Lipinski definition) is 2. The molecule has 0 radical (unpaired) electrons. The lowest BCUT2D eigenvalue weighted by molar-refractivity contribution is -0.120. The molecule has 2 rings (SSSR count). The number of benzene rings is 2. The van der Waals surface area contributed by atoms with Gasteiger partial charge in [0.25, 0.3) is 5.91 Å². The Balaban J connectivity index is 1.93. The maximum absolute atomic E-state index is 13.6. The summed E-state index contributed by atoms with van der Waals surface area (Å²) in [7, 11) is 0. The van der Waals surface area contributed by atoms with E-state index in [1.165, 1.54) is 18.2 Å². The van der Waals surface area contributed by atoms with Gasteiger partial charge in [-0.1, -0.05) is 36.4 Å². The van der Waals surface area contributed by atoms with Crippen molar-refractivity contribution < 1.29 is 14.0 Å². The summed E-state index contributed by atoms with van der Waals surface area (Å²) in [6.45, 7) is -0.305. The van der Waals surface area contributed by atoms with E-state index in [0.717, 1.165) is 0 Å². The first kappa shape index (κ1) is 16.2. The van der Waals surface area contributed by atoms with E-state index in [2.05, 4.69) is 10.6 Å². The average Bonchev–Trinajstić information content (AvgIpc) is 2.59. The first-order valence-corrected chi connectivity index (χ1v) is 6.88. The van der Waals surface area contributed by atoms with E-state index in [0.29, 0.717) is 5.56 Å². The van der Waals surface area contributed by atoms with E-state index in [1.807, 2.05) is 6.07 Å². The van der Waals surface area contributed by atoms with Crippen molar-refractivity contribution in [3.63, 3.8) is 0 Å². The second-order valence-corrected chi connectivity index (χ2v) is 4.70. The van der Waals surface area contributed by atoms with Gasteiger partial charge < -0.3 is 10.6 Å². The molecule has 0 aliphatic heterocycles. The van der Waals surface area contributed by atoms with Gasteiger partial charge in [0.1, 0.15) is 11.9 Å². The first-order valence-electron chi connectivity index (χ1n) is 6.88. The molecule has 0 unspecified atom stereocenters. The summed E-state index contributed by atoms with van der Waals surface area (Å²) in [5.74, 6) is -1.56. The van der Waals surface area contributed by atoms with Crippen LogP contribution < -0.4 is 10.6 Å². The summed E-state index contributed by atoms with van der Waals surface area (Å²) in [5, 5.41) is 13.9. The molecule has 0 saturated carbocycles. The molecule has 0 bridgehead atoms. The van der Waals surface area contributed by atoms with Gasteiger partial charge in [-0.3, -0.25) is 9.59 Å². The predicted octanol–water partition coefficient (Wildman–Crippen LogP) is 1.94. The molecule has 1 atom stereocenters. The van der Waals surface area contributed by atoms with Crippen molar-refractivity contribution in [2.45, 2.75) is 6.04 Å². The van der Waals surface area contributed by atoms with Crippen LogP contribution in [-0.4, -0.2) is 18.4 Å². The van der Waals surface area contributed by atoms with Gasteiger partial charge in [0, 0.05) is 11.1 Å². The highest BCUT2D eigenvalue weighted by Crippen LogP contribution is 2.15. The number of hydrogen-bond acceptors (Lipinski definition) is 3. The van der Waals surface area contributed by atoms with Gasteiger partial charge in [0.2, 0.25) is 5.91 Å². The quantitative estimate of drug-likeness (QED) is 0.885. The Hall–Kier alpha value is -3.20. The molecule has 2 N–H and O–H groups in total. The lowest BCUT2D eigenvalue weighted by atomic mass is 10.1. The second-order valence-electron chi connectivity index (χ2n) is 4.70. The average molecular weight is 311 g/mol. The molecule has 2 aromatic carbocycles. The van der Waals surface area contributed by atoms with Crippen LogP contribution in [-0.2, 0) is 4.79 Å². The Kier molecular flexibility index (Phi) is 5.42. The third-order valence-corrected chi connectivity index (χ3v) is 3.10. The standard InChI is InChI=1S/C17H14FN3O2/c18-14-9-5-4-8-13(14)15(10-19)21-16(22)11-20-17(23)12-6-2-1-3-7-12/h1-9,15H,11H2,(H,20,23)(H,21,22)/t15-/m0/s1. The zero-order valence-corrected chi connectivity index (χ0v) is 12.1. The third kappa shape index (κ3) is 4.38. The highest BCUT2D eigenvalue weighted by atomic mass is 19.1. The van der Waals surface area contributed by atoms with Crippen LogP contribution in [0.3, 0.4) is 0 Å². The molecular weight excluding hydrogens is 297 g/mol. The van der Waals surface area contributed by atoms with Crippen molar-refractivity contribution in [2.24, 2.45) is 0 Å². The number of nitrogens with zero attached hydrogens (tertiary/aromatic N) is 1. The first-order chi connectivity index (χ1) is 11.1. The van der Waals surface area contributed by atoms with Gasteiger partial charge in [-0.05, 0) is 18.2 Å². The van der Waals surface area contributed by atoms with Gasteiger partial charge in [0.05, 0.1) is 12.6 Å². The highest BCUT2D eigenvalue weighted by Gasteiger charge is 2.17. The van der Waals surface area contributed by atoms with Gasteiger partial charge in [-0.2, -0.15) is 5.26 Å². The Bertz CT molecular complexity index is 741. The van der Waals surface area contributed by atoms with Crippen molar-refractivity contribution in [1.82, 2.24) is 10.6 Å². The molecule has 0 aliphatic carbocycles. The predicted molar refractivity (Wildman–Crippen MR) is 81.7 cm³/mol. The van der Waals surface area contributed by atoms with Crippen molar-refractivity contribution in [2.75, 3.05) is 6.54 Å². The van der Waals surface area contributed by atoms with Gasteiger partial charge in [-0.15, -0.1) is 0 Å². The van der Waals surface area contributed by atoms with Crippen LogP contribution in [0.1, 0.15) is 22.0 Å². The Morgan fingerprint density at radius 1 is 1.09 bits per heavy atom. The summed E-state index contributed by atoms with van der Waals surface area (Å²) in [4.78, 5) is 23.6. The number of nitrogens with one attached hydrogen (secondary N) is 2. The van der Waals surface area contributed by atoms with E-state index < -0.39 is 23.7 Å². The van der Waals surface area contributed by atoms with Crippen LogP contribution in [0.5, 0.6) is 0 Å². The smallest absolute Gasteiger partial charge is 0.251 e. The number of rotatable bonds is 5. The molecule has 0 heterocycles. The number of halogens is 1. The van der Waals surface area contributed by atoms with E-state index in [-0.39, 0.29) is 12.1 Å². The van der Waals surface area contributed by atoms with Crippen LogP contribution in [0.25, 0.3) is 0 Å². The van der Waals surface area contributed by atoms with Crippen LogP contribution in [0.2, 0.25) is 0 Å². The molecular formula is C17H14FN3O2. The van der Waals surface area contributed by atoms with Crippen molar-refractivity contribution in [3.8, 4) is 6.07 Å². The van der Waals surface area contributed by atoms with E-state index >= 15 is 0 Å². The molecule has 0 saturated heterocycles. The Morgan fingerprint density at radius 3 is 2.39 bits per heavy atom. The molecule has 0 fully saturated rings. The summed E-state index contributed by atoms with van der Waals surface area (Å²) in [6, 6.07) is 14.8. The molecule has 0 aromatic heterocycles. The molecule has 5 nitrogen and oxygen atoms in total. The molecule has 6 heteroatoms. The maximum atomic E-state index is 13.6. The zero-order valence-electron chi connectivity index (χ0n) is 12.1. The van der Waals surface area contributed by atoms with Crippen LogP contribution >= 0.6 is 0 Å². The number of carbonyl (C=O) groups excluding carboxylic acids is 2. The van der Waals surface area contributed by atoms with Crippen LogP contribution in [0.4, 0.5) is 4.39 Å². The summed E-state index contributed by atoms with van der Waals surface area (Å²) in [5.41, 5.74) is 0.504. The molecule has 0 aliphatic rings. The molecule has 0 spiro atoms. The summed E-state index contributed by atoms with van der Waals surface area (Å²) in [6.07, 6.45) is 0. The molecule has 23 heavy (non-hydrogen) atoms. The van der Waals surface area contributed by atoms with Crippen molar-refractivity contribution in [1.29, 1.82) is 5.26 Å². The minimum Gasteiger partial charge on any atom is -0.343 e. The Labute approximate surface area is 132 Å². The Morgan fingerprint density at radius 2 is 1.74 bits per heavy atom. The zero-order chi connectivity index (χ0) is 16.7. The largest absolute Gasteiger partial charge is 0.343 e. The SMILES string of the molecule is N#C[C@H](NC(=O)CNC(=O)c1ccccc1)c1ccccc1F. The van der Waals surface area contributed by atoms with Crippen LogP contribution in [0.15, 0.2) is 54.6 Å². The monoisotopic (exact) mass is 311 g/mol. The number of nitriles is 1. The van der Waals surface area contributed by atoms with Crippen molar-refractivity contribution in [3.05, 3.63) is 71.5 Å². The summed E-state index contributed by atoms with van der Waals surface area (Å²) >= 11 is 0. The minimum absolute atomic E-state index is 0.0812. The molecule has 116 valence electrons. The number of carbonyl (C=O) groups is 2. The van der Waals surface area contributed by atoms with Crippen LogP contribution in [0, 0.1) is 17.1 Å². The fourth-order valence-corrected chi connectivity index (χ4v) is 1.95. The van der Waals surface area contributed by atoms with Gasteiger partial charge >= 0.3 is 0 Å². The topological polar surface area (TPSA) is 82.0 Å². The minimum atomic E-state index is -1.11. The second kappa shape index (κ2) is 7.71. The third-order valence-electron chi connectivity index (χ3n) is 3.10. The molecule has 2 aromatic rings. The van der Waals surface area contributed by atoms with E-state index in [9.17, 15) is 14.0 Å².